The van der Waals surface area contributed by atoms with E-state index in [0.717, 1.165) is 44.9 Å². The van der Waals surface area contributed by atoms with Crippen LogP contribution < -0.4 is 4.72 Å². The van der Waals surface area contributed by atoms with Gasteiger partial charge in [-0.3, -0.25) is 0 Å². The molecule has 2 fully saturated rings. The second kappa shape index (κ2) is 6.30. The van der Waals surface area contributed by atoms with Crippen LogP contribution in [0, 0.1) is 5.92 Å². The van der Waals surface area contributed by atoms with Crippen LogP contribution in [0.25, 0.3) is 0 Å². The van der Waals surface area contributed by atoms with E-state index in [1.807, 2.05) is 6.92 Å². The van der Waals surface area contributed by atoms with E-state index in [2.05, 4.69) is 11.6 Å². The third-order valence-electron chi connectivity index (χ3n) is 4.79. The Kier molecular flexibility index (Phi) is 5.10. The zero-order chi connectivity index (χ0) is 14.8. The van der Waals surface area contributed by atoms with Crippen LogP contribution >= 0.6 is 0 Å². The van der Waals surface area contributed by atoms with E-state index in [-0.39, 0.29) is 12.6 Å². The molecule has 0 bridgehead atoms. The Labute approximate surface area is 122 Å². The first-order valence-electron chi connectivity index (χ1n) is 7.80. The Morgan fingerprint density at radius 1 is 1.25 bits per heavy atom. The minimum Gasteiger partial charge on any atom is -0.394 e. The first-order valence-corrected chi connectivity index (χ1v) is 9.24. The first kappa shape index (κ1) is 16.2. The molecule has 118 valence electrons. The van der Waals surface area contributed by atoms with Crippen LogP contribution in [0.4, 0.5) is 0 Å². The number of hydrogen-bond donors (Lipinski definition) is 2. The van der Waals surface area contributed by atoms with Gasteiger partial charge in [0.15, 0.2) is 0 Å². The summed E-state index contributed by atoms with van der Waals surface area (Å²) < 4.78 is 29.7. The Morgan fingerprint density at radius 3 is 2.60 bits per heavy atom. The normalized spacial score (nSPS) is 37.0. The predicted molar refractivity (Wildman–Crippen MR) is 79.5 cm³/mol. The van der Waals surface area contributed by atoms with Crippen molar-refractivity contribution in [2.75, 3.05) is 13.2 Å². The Morgan fingerprint density at radius 2 is 2.00 bits per heavy atom. The van der Waals surface area contributed by atoms with Crippen molar-refractivity contribution in [3.63, 3.8) is 0 Å². The highest BCUT2D eigenvalue weighted by Gasteiger charge is 2.41. The van der Waals surface area contributed by atoms with Crippen molar-refractivity contribution < 1.29 is 13.5 Å². The fourth-order valence-corrected chi connectivity index (χ4v) is 5.55. The molecular weight excluding hydrogens is 276 g/mol. The van der Waals surface area contributed by atoms with Crippen molar-refractivity contribution in [3.8, 4) is 0 Å². The van der Waals surface area contributed by atoms with Gasteiger partial charge in [0, 0.05) is 12.6 Å². The van der Waals surface area contributed by atoms with Crippen molar-refractivity contribution in [1.29, 1.82) is 0 Å². The molecule has 0 aromatic heterocycles. The van der Waals surface area contributed by atoms with Crippen LogP contribution in [0.3, 0.4) is 0 Å². The number of piperidine rings is 1. The van der Waals surface area contributed by atoms with Gasteiger partial charge in [0.05, 0.1) is 12.1 Å². The molecule has 1 heterocycles. The summed E-state index contributed by atoms with van der Waals surface area (Å²) in [5.41, 5.74) is -0.659. The number of rotatable bonds is 4. The lowest BCUT2D eigenvalue weighted by molar-refractivity contribution is 0.116. The summed E-state index contributed by atoms with van der Waals surface area (Å²) in [5, 5.41) is 9.74. The van der Waals surface area contributed by atoms with Crippen molar-refractivity contribution in [2.24, 2.45) is 5.92 Å². The van der Waals surface area contributed by atoms with Gasteiger partial charge >= 0.3 is 0 Å². The molecule has 3 unspecified atom stereocenters. The number of nitrogens with zero attached hydrogens (tertiary/aromatic N) is 1. The highest BCUT2D eigenvalue weighted by molar-refractivity contribution is 7.87. The molecule has 0 aromatic rings. The van der Waals surface area contributed by atoms with Gasteiger partial charge in [0.1, 0.15) is 0 Å². The molecule has 0 aromatic carbocycles. The molecule has 1 aliphatic heterocycles. The molecule has 5 nitrogen and oxygen atoms in total. The SMILES string of the molecule is CC1CCCC(CO)(NS(=O)(=O)N2CCCCC2C)C1. The summed E-state index contributed by atoms with van der Waals surface area (Å²) in [6.45, 7) is 4.57. The van der Waals surface area contributed by atoms with Crippen molar-refractivity contribution in [1.82, 2.24) is 9.03 Å². The summed E-state index contributed by atoms with van der Waals surface area (Å²) in [6.07, 6.45) is 6.48. The van der Waals surface area contributed by atoms with E-state index in [4.69, 9.17) is 0 Å². The van der Waals surface area contributed by atoms with E-state index in [1.165, 1.54) is 0 Å². The Bertz CT molecular complexity index is 426. The summed E-state index contributed by atoms with van der Waals surface area (Å²) >= 11 is 0. The quantitative estimate of drug-likeness (QED) is 0.829. The molecule has 2 aliphatic rings. The van der Waals surface area contributed by atoms with E-state index >= 15 is 0 Å². The van der Waals surface area contributed by atoms with Crippen molar-refractivity contribution in [3.05, 3.63) is 0 Å². The number of nitrogens with one attached hydrogen (secondary N) is 1. The van der Waals surface area contributed by atoms with Crippen LogP contribution in [0.2, 0.25) is 0 Å². The molecule has 2 N–H and O–H groups in total. The summed E-state index contributed by atoms with van der Waals surface area (Å²) in [4.78, 5) is 0. The third-order valence-corrected chi connectivity index (χ3v) is 6.64. The van der Waals surface area contributed by atoms with E-state index in [9.17, 15) is 13.5 Å². The standard InChI is InChI=1S/C14H28N2O3S/c1-12-6-5-8-14(10-12,11-17)15-20(18,19)16-9-4-3-7-13(16)2/h12-13,15,17H,3-11H2,1-2H3. The lowest BCUT2D eigenvalue weighted by atomic mass is 9.78. The summed E-state index contributed by atoms with van der Waals surface area (Å²) in [6, 6.07) is 0.0537. The fraction of sp³-hybridized carbons (Fsp3) is 1.00. The minimum atomic E-state index is -3.50. The largest absolute Gasteiger partial charge is 0.394 e. The Hall–Kier alpha value is -0.170. The Balaban J connectivity index is 2.12. The molecule has 3 atom stereocenters. The molecule has 2 rings (SSSR count). The second-order valence-corrected chi connectivity index (χ2v) is 8.33. The monoisotopic (exact) mass is 304 g/mol. The maximum absolute atomic E-state index is 12.6. The average Bonchev–Trinajstić information content (AvgIpc) is 2.38. The van der Waals surface area contributed by atoms with Crippen molar-refractivity contribution >= 4 is 10.2 Å². The van der Waals surface area contributed by atoms with Crippen LogP contribution in [-0.2, 0) is 10.2 Å². The average molecular weight is 304 g/mol. The van der Waals surface area contributed by atoms with Gasteiger partial charge in [-0.25, -0.2) is 0 Å². The van der Waals surface area contributed by atoms with E-state index < -0.39 is 15.7 Å². The molecule has 0 spiro atoms. The fourth-order valence-electron chi connectivity index (χ4n) is 3.69. The van der Waals surface area contributed by atoms with E-state index in [1.54, 1.807) is 4.31 Å². The van der Waals surface area contributed by atoms with Gasteiger partial charge < -0.3 is 5.11 Å². The van der Waals surface area contributed by atoms with Crippen LogP contribution in [0.15, 0.2) is 0 Å². The number of aliphatic hydroxyl groups is 1. The van der Waals surface area contributed by atoms with Gasteiger partial charge in [-0.2, -0.15) is 17.4 Å². The molecule has 1 saturated heterocycles. The van der Waals surface area contributed by atoms with E-state index in [0.29, 0.717) is 12.5 Å². The number of aliphatic hydroxyl groups excluding tert-OH is 1. The highest BCUT2D eigenvalue weighted by Crippen LogP contribution is 2.33. The van der Waals surface area contributed by atoms with Crippen LogP contribution in [0.5, 0.6) is 0 Å². The summed E-state index contributed by atoms with van der Waals surface area (Å²) in [5.74, 6) is 0.456. The lowest BCUT2D eigenvalue weighted by Crippen LogP contribution is -2.59. The molecule has 1 aliphatic carbocycles. The third kappa shape index (κ3) is 3.53. The second-order valence-electron chi connectivity index (χ2n) is 6.70. The first-order chi connectivity index (χ1) is 9.38. The lowest BCUT2D eigenvalue weighted by Gasteiger charge is -2.41. The predicted octanol–water partition coefficient (Wildman–Crippen LogP) is 1.64. The molecule has 0 amide bonds. The zero-order valence-corrected chi connectivity index (χ0v) is 13.5. The smallest absolute Gasteiger partial charge is 0.280 e. The highest BCUT2D eigenvalue weighted by atomic mass is 32.2. The maximum Gasteiger partial charge on any atom is 0.280 e. The van der Waals surface area contributed by atoms with Crippen LogP contribution in [0.1, 0.15) is 58.8 Å². The van der Waals surface area contributed by atoms with Gasteiger partial charge in [-0.15, -0.1) is 0 Å². The minimum absolute atomic E-state index is 0.0537. The van der Waals surface area contributed by atoms with Gasteiger partial charge in [0.25, 0.3) is 10.2 Å². The molecular formula is C14H28N2O3S. The topological polar surface area (TPSA) is 69.6 Å². The molecule has 6 heteroatoms. The van der Waals surface area contributed by atoms with Crippen LogP contribution in [-0.4, -0.2) is 42.6 Å². The van der Waals surface area contributed by atoms with Gasteiger partial charge in [-0.05, 0) is 38.5 Å². The van der Waals surface area contributed by atoms with Gasteiger partial charge in [-0.1, -0.05) is 26.2 Å². The molecule has 20 heavy (non-hydrogen) atoms. The number of hydrogen-bond acceptors (Lipinski definition) is 3. The van der Waals surface area contributed by atoms with Crippen molar-refractivity contribution in [2.45, 2.75) is 70.4 Å². The summed E-state index contributed by atoms with van der Waals surface area (Å²) in [7, 11) is -3.50. The van der Waals surface area contributed by atoms with Gasteiger partial charge in [0.2, 0.25) is 0 Å². The molecule has 0 radical (unpaired) electrons. The maximum atomic E-state index is 12.6. The zero-order valence-electron chi connectivity index (χ0n) is 12.6. The molecule has 1 saturated carbocycles.